The molecule has 0 saturated carbocycles. The SMILES string of the molecule is c1ccc(-c2ccc(-c3nc(-c4ccccc4)nc(-c4ccc(-c5ccc6c(c5)oc5ccc(-n7c8ccccc8c8ccccc87)cc56)cc4)n3)cc2)cc1. The van der Waals surface area contributed by atoms with Crippen LogP contribution in [0.25, 0.3) is 106 Å². The minimum absolute atomic E-state index is 0.624. The van der Waals surface area contributed by atoms with Gasteiger partial charge in [-0.2, -0.15) is 0 Å². The van der Waals surface area contributed by atoms with Crippen LogP contribution in [0.3, 0.4) is 0 Å². The maximum atomic E-state index is 6.46. The first-order chi connectivity index (χ1) is 27.7. The molecule has 3 aromatic heterocycles. The molecular weight excluding hydrogens is 685 g/mol. The second-order valence-electron chi connectivity index (χ2n) is 14.1. The van der Waals surface area contributed by atoms with Crippen molar-refractivity contribution >= 4 is 43.7 Å². The van der Waals surface area contributed by atoms with E-state index in [1.54, 1.807) is 0 Å². The number of benzene rings is 8. The van der Waals surface area contributed by atoms with Gasteiger partial charge in [-0.05, 0) is 64.7 Å². The third-order valence-electron chi connectivity index (χ3n) is 10.7. The Morgan fingerprint density at radius 2 is 0.750 bits per heavy atom. The first-order valence-electron chi connectivity index (χ1n) is 18.8. The van der Waals surface area contributed by atoms with Crippen molar-refractivity contribution in [2.45, 2.75) is 0 Å². The molecule has 0 aliphatic rings. The molecule has 8 aromatic carbocycles. The lowest BCUT2D eigenvalue weighted by atomic mass is 10.0. The van der Waals surface area contributed by atoms with Crippen molar-refractivity contribution in [1.29, 1.82) is 0 Å². The summed E-state index contributed by atoms with van der Waals surface area (Å²) in [6.45, 7) is 0. The van der Waals surface area contributed by atoms with Gasteiger partial charge >= 0.3 is 0 Å². The molecule has 5 heteroatoms. The summed E-state index contributed by atoms with van der Waals surface area (Å²) in [7, 11) is 0. The molecule has 0 amide bonds. The zero-order valence-electron chi connectivity index (χ0n) is 30.2. The van der Waals surface area contributed by atoms with E-state index in [2.05, 4.69) is 162 Å². The van der Waals surface area contributed by atoms with Crippen LogP contribution in [0.4, 0.5) is 0 Å². The number of nitrogens with zero attached hydrogens (tertiary/aromatic N) is 4. The number of rotatable bonds is 6. The minimum atomic E-state index is 0.624. The van der Waals surface area contributed by atoms with Crippen molar-refractivity contribution in [3.05, 3.63) is 194 Å². The molecule has 0 N–H and O–H groups in total. The van der Waals surface area contributed by atoms with E-state index in [0.29, 0.717) is 17.5 Å². The van der Waals surface area contributed by atoms with Crippen LogP contribution in [0.1, 0.15) is 0 Å². The number of furan rings is 1. The molecule has 0 bridgehead atoms. The summed E-state index contributed by atoms with van der Waals surface area (Å²) in [6, 6.07) is 67.4. The average molecular weight is 717 g/mol. The Kier molecular flexibility index (Phi) is 7.42. The smallest absolute Gasteiger partial charge is 0.164 e. The van der Waals surface area contributed by atoms with E-state index in [0.717, 1.165) is 61.0 Å². The van der Waals surface area contributed by atoms with Crippen LogP contribution in [-0.2, 0) is 0 Å². The highest BCUT2D eigenvalue weighted by molar-refractivity contribution is 6.10. The summed E-state index contributed by atoms with van der Waals surface area (Å²) in [6.07, 6.45) is 0. The summed E-state index contributed by atoms with van der Waals surface area (Å²) in [5, 5.41) is 4.68. The van der Waals surface area contributed by atoms with Crippen molar-refractivity contribution in [3.8, 4) is 62.1 Å². The second kappa shape index (κ2) is 13.0. The van der Waals surface area contributed by atoms with Gasteiger partial charge in [0.25, 0.3) is 0 Å². The normalized spacial score (nSPS) is 11.6. The van der Waals surface area contributed by atoms with E-state index < -0.39 is 0 Å². The Hall–Kier alpha value is -7.63. The van der Waals surface area contributed by atoms with E-state index in [-0.39, 0.29) is 0 Å². The predicted molar refractivity (Wildman–Crippen MR) is 229 cm³/mol. The fraction of sp³-hybridized carbons (Fsp3) is 0. The average Bonchev–Trinajstić information content (AvgIpc) is 3.82. The van der Waals surface area contributed by atoms with Crippen LogP contribution in [-0.4, -0.2) is 19.5 Å². The molecule has 0 atom stereocenters. The molecule has 0 saturated heterocycles. The summed E-state index contributed by atoms with van der Waals surface area (Å²) >= 11 is 0. The number of para-hydroxylation sites is 2. The van der Waals surface area contributed by atoms with Gasteiger partial charge in [-0.15, -0.1) is 0 Å². The highest BCUT2D eigenvalue weighted by Crippen LogP contribution is 2.37. The predicted octanol–water partition coefficient (Wildman–Crippen LogP) is 13.2. The molecule has 262 valence electrons. The lowest BCUT2D eigenvalue weighted by Crippen LogP contribution is -2.00. The number of aromatic nitrogens is 4. The Bertz CT molecular complexity index is 3170. The Morgan fingerprint density at radius 3 is 1.34 bits per heavy atom. The van der Waals surface area contributed by atoms with E-state index in [1.807, 2.05) is 36.4 Å². The highest BCUT2D eigenvalue weighted by atomic mass is 16.3. The standard InChI is InChI=1S/C51H32N4O/c1-3-11-33(12-4-1)34-19-23-37(24-20-34)50-52-49(36-13-5-2-6-14-36)53-51(54-50)38-25-21-35(22-26-38)39-27-29-43-44-32-40(28-30-47(44)56-48(43)31-39)55-45-17-9-7-15-41(45)42-16-8-10-18-46(42)55/h1-32H. The fourth-order valence-corrected chi connectivity index (χ4v) is 7.89. The first-order valence-corrected chi connectivity index (χ1v) is 18.8. The number of hydrogen-bond donors (Lipinski definition) is 0. The molecule has 0 spiro atoms. The van der Waals surface area contributed by atoms with Crippen molar-refractivity contribution in [3.63, 3.8) is 0 Å². The second-order valence-corrected chi connectivity index (χ2v) is 14.1. The first kappa shape index (κ1) is 31.9. The molecule has 3 heterocycles. The van der Waals surface area contributed by atoms with Gasteiger partial charge in [0.1, 0.15) is 11.2 Å². The van der Waals surface area contributed by atoms with E-state index in [4.69, 9.17) is 19.4 Å². The lowest BCUT2D eigenvalue weighted by Gasteiger charge is -2.10. The minimum Gasteiger partial charge on any atom is -0.456 e. The van der Waals surface area contributed by atoms with Crippen molar-refractivity contribution in [2.24, 2.45) is 0 Å². The molecular formula is C51H32N4O. The van der Waals surface area contributed by atoms with Gasteiger partial charge in [-0.3, -0.25) is 0 Å². The van der Waals surface area contributed by atoms with Crippen LogP contribution >= 0.6 is 0 Å². The molecule has 0 unspecified atom stereocenters. The van der Waals surface area contributed by atoms with Gasteiger partial charge < -0.3 is 8.98 Å². The van der Waals surface area contributed by atoms with Gasteiger partial charge in [0.15, 0.2) is 17.5 Å². The largest absolute Gasteiger partial charge is 0.456 e. The monoisotopic (exact) mass is 716 g/mol. The zero-order valence-corrected chi connectivity index (χ0v) is 30.2. The van der Waals surface area contributed by atoms with Gasteiger partial charge in [0.2, 0.25) is 0 Å². The molecule has 0 fully saturated rings. The summed E-state index contributed by atoms with van der Waals surface area (Å²) in [5.74, 6) is 1.90. The zero-order chi connectivity index (χ0) is 37.0. The molecule has 11 rings (SSSR count). The third kappa shape index (κ3) is 5.45. The summed E-state index contributed by atoms with van der Waals surface area (Å²) in [4.78, 5) is 14.9. The highest BCUT2D eigenvalue weighted by Gasteiger charge is 2.16. The molecule has 0 aliphatic heterocycles. The van der Waals surface area contributed by atoms with E-state index in [9.17, 15) is 0 Å². The Balaban J connectivity index is 0.938. The molecule has 0 radical (unpaired) electrons. The van der Waals surface area contributed by atoms with Gasteiger partial charge in [0, 0.05) is 43.9 Å². The van der Waals surface area contributed by atoms with Gasteiger partial charge in [-0.25, -0.2) is 15.0 Å². The summed E-state index contributed by atoms with van der Waals surface area (Å²) < 4.78 is 8.81. The summed E-state index contributed by atoms with van der Waals surface area (Å²) in [5.41, 5.74) is 12.5. The van der Waals surface area contributed by atoms with Crippen molar-refractivity contribution in [1.82, 2.24) is 19.5 Å². The van der Waals surface area contributed by atoms with Crippen LogP contribution in [0.5, 0.6) is 0 Å². The van der Waals surface area contributed by atoms with Crippen molar-refractivity contribution < 1.29 is 4.42 Å². The van der Waals surface area contributed by atoms with Crippen LogP contribution < -0.4 is 0 Å². The molecule has 0 aliphatic carbocycles. The lowest BCUT2D eigenvalue weighted by molar-refractivity contribution is 0.669. The van der Waals surface area contributed by atoms with Gasteiger partial charge in [-0.1, -0.05) is 152 Å². The Morgan fingerprint density at radius 1 is 0.304 bits per heavy atom. The fourth-order valence-electron chi connectivity index (χ4n) is 7.89. The van der Waals surface area contributed by atoms with Gasteiger partial charge in [0.05, 0.1) is 11.0 Å². The maximum absolute atomic E-state index is 6.46. The molecule has 11 aromatic rings. The van der Waals surface area contributed by atoms with Crippen LogP contribution in [0.2, 0.25) is 0 Å². The molecule has 56 heavy (non-hydrogen) atoms. The maximum Gasteiger partial charge on any atom is 0.164 e. The number of hydrogen-bond acceptors (Lipinski definition) is 4. The quantitative estimate of drug-likeness (QED) is 0.172. The third-order valence-corrected chi connectivity index (χ3v) is 10.7. The number of fused-ring (bicyclic) bond motifs is 6. The molecule has 5 nitrogen and oxygen atoms in total. The van der Waals surface area contributed by atoms with Crippen LogP contribution in [0, 0.1) is 0 Å². The topological polar surface area (TPSA) is 56.7 Å². The van der Waals surface area contributed by atoms with E-state index in [1.165, 1.54) is 27.4 Å². The van der Waals surface area contributed by atoms with E-state index >= 15 is 0 Å². The Labute approximate surface area is 322 Å². The van der Waals surface area contributed by atoms with Crippen LogP contribution in [0.15, 0.2) is 199 Å². The van der Waals surface area contributed by atoms with Crippen molar-refractivity contribution in [2.75, 3.05) is 0 Å².